The van der Waals surface area contributed by atoms with Crippen LogP contribution in [0, 0.1) is 12.7 Å². The molecule has 1 unspecified atom stereocenters. The molecule has 0 radical (unpaired) electrons. The van der Waals surface area contributed by atoms with Crippen LogP contribution in [0.25, 0.3) is 0 Å². The second kappa shape index (κ2) is 5.29. The van der Waals surface area contributed by atoms with Gasteiger partial charge in [-0.05, 0) is 56.9 Å². The molecular weight excluding hydrogens is 245 g/mol. The topological polar surface area (TPSA) is 40.5 Å². The average Bonchev–Trinajstić information content (AvgIpc) is 2.53. The van der Waals surface area contributed by atoms with Gasteiger partial charge in [-0.3, -0.25) is 4.79 Å². The van der Waals surface area contributed by atoms with E-state index in [1.165, 1.54) is 12.1 Å². The number of nitrogens with zero attached hydrogens (tertiary/aromatic N) is 1. The van der Waals surface area contributed by atoms with Crippen LogP contribution in [0.1, 0.15) is 42.1 Å². The summed E-state index contributed by atoms with van der Waals surface area (Å²) in [6, 6.07) is 4.44. The van der Waals surface area contributed by atoms with E-state index < -0.39 is 5.60 Å². The van der Waals surface area contributed by atoms with Crippen LogP contribution in [0.5, 0.6) is 0 Å². The summed E-state index contributed by atoms with van der Waals surface area (Å²) in [6.45, 7) is 4.65. The van der Waals surface area contributed by atoms with Crippen molar-refractivity contribution in [3.05, 3.63) is 35.1 Å². The maximum atomic E-state index is 13.2. The van der Waals surface area contributed by atoms with Gasteiger partial charge in [0.15, 0.2) is 0 Å². The molecule has 0 bridgehead atoms. The van der Waals surface area contributed by atoms with E-state index in [1.807, 2.05) is 6.92 Å². The van der Waals surface area contributed by atoms with E-state index in [2.05, 4.69) is 0 Å². The summed E-state index contributed by atoms with van der Waals surface area (Å²) in [4.78, 5) is 14.1. The molecule has 1 aromatic carbocycles. The van der Waals surface area contributed by atoms with Crippen LogP contribution in [0.2, 0.25) is 0 Å². The Hall–Kier alpha value is -1.42. The molecule has 0 saturated carbocycles. The van der Waals surface area contributed by atoms with Crippen LogP contribution in [-0.2, 0) is 0 Å². The molecule has 104 valence electrons. The number of benzene rings is 1. The highest BCUT2D eigenvalue weighted by Gasteiger charge is 2.27. The summed E-state index contributed by atoms with van der Waals surface area (Å²) in [7, 11) is 0. The molecule has 1 amide bonds. The fourth-order valence-electron chi connectivity index (χ4n) is 2.43. The number of likely N-dealkylation sites (tertiary alicyclic amines) is 1. The first-order valence-electron chi connectivity index (χ1n) is 6.67. The Kier molecular flexibility index (Phi) is 3.90. The van der Waals surface area contributed by atoms with Gasteiger partial charge in [-0.15, -0.1) is 0 Å². The largest absolute Gasteiger partial charge is 0.390 e. The Bertz CT molecular complexity index is 485. The van der Waals surface area contributed by atoms with Gasteiger partial charge in [0.2, 0.25) is 0 Å². The molecule has 19 heavy (non-hydrogen) atoms. The predicted molar refractivity (Wildman–Crippen MR) is 71.5 cm³/mol. The van der Waals surface area contributed by atoms with E-state index in [9.17, 15) is 14.3 Å². The number of carbonyl (C=O) groups excluding carboxylic acids is 1. The number of hydrogen-bond acceptors (Lipinski definition) is 2. The zero-order chi connectivity index (χ0) is 14.0. The Morgan fingerprint density at radius 3 is 2.79 bits per heavy atom. The molecule has 0 spiro atoms. The number of amides is 1. The molecule has 1 saturated heterocycles. The molecule has 0 aromatic heterocycles. The lowest BCUT2D eigenvalue weighted by Crippen LogP contribution is -2.33. The number of aliphatic hydroxyl groups is 1. The molecule has 4 heteroatoms. The predicted octanol–water partition coefficient (Wildman–Crippen LogP) is 2.51. The van der Waals surface area contributed by atoms with E-state index in [-0.39, 0.29) is 11.7 Å². The number of hydrogen-bond donors (Lipinski definition) is 1. The van der Waals surface area contributed by atoms with E-state index in [0.717, 1.165) is 6.42 Å². The molecule has 3 nitrogen and oxygen atoms in total. The first-order chi connectivity index (χ1) is 8.89. The highest BCUT2D eigenvalue weighted by Crippen LogP contribution is 2.22. The molecule has 1 N–H and O–H groups in total. The lowest BCUT2D eigenvalue weighted by Gasteiger charge is -2.22. The summed E-state index contributed by atoms with van der Waals surface area (Å²) in [5, 5.41) is 10.0. The average molecular weight is 265 g/mol. The number of carbonyl (C=O) groups is 1. The molecule has 1 aliphatic rings. The van der Waals surface area contributed by atoms with Gasteiger partial charge in [0.25, 0.3) is 5.91 Å². The number of halogens is 1. The minimum Gasteiger partial charge on any atom is -0.390 e. The van der Waals surface area contributed by atoms with Crippen LogP contribution in [0.4, 0.5) is 4.39 Å². The molecular formula is C15H20FNO2. The van der Waals surface area contributed by atoms with Crippen LogP contribution in [-0.4, -0.2) is 34.6 Å². The maximum absolute atomic E-state index is 13.2. The maximum Gasteiger partial charge on any atom is 0.253 e. The zero-order valence-corrected chi connectivity index (χ0v) is 11.4. The Balaban J connectivity index is 2.13. The third-order valence-corrected chi connectivity index (χ3v) is 3.76. The summed E-state index contributed by atoms with van der Waals surface area (Å²) in [5.74, 6) is -0.379. The van der Waals surface area contributed by atoms with Gasteiger partial charge in [0.1, 0.15) is 5.82 Å². The zero-order valence-electron chi connectivity index (χ0n) is 11.4. The molecule has 1 atom stereocenters. The van der Waals surface area contributed by atoms with Gasteiger partial charge in [-0.1, -0.05) is 0 Å². The quantitative estimate of drug-likeness (QED) is 0.847. The lowest BCUT2D eigenvalue weighted by atomic mass is 9.98. The smallest absolute Gasteiger partial charge is 0.253 e. The van der Waals surface area contributed by atoms with Crippen molar-refractivity contribution in [3.8, 4) is 0 Å². The second-order valence-electron chi connectivity index (χ2n) is 5.61. The molecule has 0 aliphatic carbocycles. The van der Waals surface area contributed by atoms with Crippen LogP contribution in [0.15, 0.2) is 18.2 Å². The summed E-state index contributed by atoms with van der Waals surface area (Å²) in [6.07, 6.45) is 2.08. The fraction of sp³-hybridized carbons (Fsp3) is 0.533. The third kappa shape index (κ3) is 3.32. The molecule has 1 heterocycles. The standard InChI is InChI=1S/C15H20FNO2/c1-11-10-12(4-5-13(11)16)14(18)17-8-3-6-15(2,19)7-9-17/h4-5,10,19H,3,6-9H2,1-2H3. The van der Waals surface area contributed by atoms with E-state index in [1.54, 1.807) is 17.9 Å². The van der Waals surface area contributed by atoms with Gasteiger partial charge in [-0.25, -0.2) is 4.39 Å². The molecule has 1 aromatic rings. The first-order valence-corrected chi connectivity index (χ1v) is 6.67. The normalized spacial score (nSPS) is 24.1. The Morgan fingerprint density at radius 1 is 1.37 bits per heavy atom. The van der Waals surface area contributed by atoms with Gasteiger partial charge in [0.05, 0.1) is 5.60 Å². The van der Waals surface area contributed by atoms with Crippen LogP contribution >= 0.6 is 0 Å². The van der Waals surface area contributed by atoms with Crippen molar-refractivity contribution in [1.82, 2.24) is 4.90 Å². The Morgan fingerprint density at radius 2 is 2.11 bits per heavy atom. The fourth-order valence-corrected chi connectivity index (χ4v) is 2.43. The number of rotatable bonds is 1. The summed E-state index contributed by atoms with van der Waals surface area (Å²) in [5.41, 5.74) is 0.307. The summed E-state index contributed by atoms with van der Waals surface area (Å²) < 4.78 is 13.2. The highest BCUT2D eigenvalue weighted by molar-refractivity contribution is 5.94. The summed E-state index contributed by atoms with van der Waals surface area (Å²) >= 11 is 0. The molecule has 1 fully saturated rings. The second-order valence-corrected chi connectivity index (χ2v) is 5.61. The van der Waals surface area contributed by atoms with Crippen molar-refractivity contribution in [2.24, 2.45) is 0 Å². The van der Waals surface area contributed by atoms with Crippen molar-refractivity contribution in [3.63, 3.8) is 0 Å². The van der Waals surface area contributed by atoms with E-state index in [4.69, 9.17) is 0 Å². The van der Waals surface area contributed by atoms with Crippen LogP contribution in [0.3, 0.4) is 0 Å². The van der Waals surface area contributed by atoms with Crippen molar-refractivity contribution in [2.45, 2.75) is 38.7 Å². The van der Waals surface area contributed by atoms with Crippen LogP contribution < -0.4 is 0 Å². The van der Waals surface area contributed by atoms with Gasteiger partial charge in [-0.2, -0.15) is 0 Å². The van der Waals surface area contributed by atoms with Gasteiger partial charge in [0, 0.05) is 18.7 Å². The molecule has 2 rings (SSSR count). The van der Waals surface area contributed by atoms with Gasteiger partial charge < -0.3 is 10.0 Å². The van der Waals surface area contributed by atoms with Gasteiger partial charge >= 0.3 is 0 Å². The lowest BCUT2D eigenvalue weighted by molar-refractivity contribution is 0.0438. The molecule has 1 aliphatic heterocycles. The monoisotopic (exact) mass is 265 g/mol. The SMILES string of the molecule is Cc1cc(C(=O)N2CCCC(C)(O)CC2)ccc1F. The minimum absolute atomic E-state index is 0.0826. The minimum atomic E-state index is -0.687. The van der Waals surface area contributed by atoms with E-state index >= 15 is 0 Å². The van der Waals surface area contributed by atoms with Crippen molar-refractivity contribution < 1.29 is 14.3 Å². The number of aryl methyl sites for hydroxylation is 1. The highest BCUT2D eigenvalue weighted by atomic mass is 19.1. The van der Waals surface area contributed by atoms with Crippen molar-refractivity contribution in [2.75, 3.05) is 13.1 Å². The Labute approximate surface area is 113 Å². The van der Waals surface area contributed by atoms with Crippen molar-refractivity contribution >= 4 is 5.91 Å². The first kappa shape index (κ1) is 14.0. The van der Waals surface area contributed by atoms with E-state index in [0.29, 0.717) is 37.1 Å². The van der Waals surface area contributed by atoms with Crippen molar-refractivity contribution in [1.29, 1.82) is 0 Å². The third-order valence-electron chi connectivity index (χ3n) is 3.76.